The van der Waals surface area contributed by atoms with Crippen LogP contribution in [0.5, 0.6) is 0 Å². The Morgan fingerprint density at radius 3 is 1.83 bits per heavy atom. The molecule has 0 radical (unpaired) electrons. The fraction of sp³-hybridized carbons (Fsp3) is 0. The standard InChI is InChI=1S/C38H22N4/c1-2-11-23(12-3-1)36-28-15-4-7-17-29(28)39-38(40-36)42-32-20-10-16-26-24-13-5-8-18-30(24)41-31-19-9-6-14-25(31)27-21-22-33(42)35(34(26)32)37(27)41/h1-22H. The van der Waals surface area contributed by atoms with Crippen molar-refractivity contribution in [3.63, 3.8) is 0 Å². The highest BCUT2D eigenvalue weighted by molar-refractivity contribution is 6.33. The van der Waals surface area contributed by atoms with Crippen LogP contribution in [-0.2, 0) is 0 Å². The van der Waals surface area contributed by atoms with Crippen LogP contribution in [-0.4, -0.2) is 18.9 Å². The second-order valence-corrected chi connectivity index (χ2v) is 11.0. The minimum Gasteiger partial charge on any atom is -0.308 e. The zero-order chi connectivity index (χ0) is 27.4. The lowest BCUT2D eigenvalue weighted by Gasteiger charge is -2.12. The molecule has 0 fully saturated rings. The molecule has 4 heterocycles. The number of nitrogens with zero attached hydrogens (tertiary/aromatic N) is 4. The molecule has 0 saturated heterocycles. The smallest absolute Gasteiger partial charge is 0.235 e. The van der Waals surface area contributed by atoms with Crippen LogP contribution < -0.4 is 0 Å². The first-order chi connectivity index (χ1) is 20.9. The lowest BCUT2D eigenvalue weighted by molar-refractivity contribution is 1.01. The predicted octanol–water partition coefficient (Wildman–Crippen LogP) is 9.54. The van der Waals surface area contributed by atoms with Crippen molar-refractivity contribution in [3.8, 4) is 17.2 Å². The van der Waals surface area contributed by atoms with Gasteiger partial charge in [0, 0.05) is 37.9 Å². The molecule has 6 aromatic carbocycles. The highest BCUT2D eigenvalue weighted by Crippen LogP contribution is 2.45. The summed E-state index contributed by atoms with van der Waals surface area (Å²) in [6.45, 7) is 0. The Kier molecular flexibility index (Phi) is 4.15. The summed E-state index contributed by atoms with van der Waals surface area (Å²) in [5.74, 6) is 0.681. The maximum atomic E-state index is 5.30. The molecule has 194 valence electrons. The van der Waals surface area contributed by atoms with Crippen LogP contribution in [0.2, 0.25) is 0 Å². The van der Waals surface area contributed by atoms with Crippen LogP contribution in [0.25, 0.3) is 88.0 Å². The molecular formula is C38H22N4. The summed E-state index contributed by atoms with van der Waals surface area (Å²) >= 11 is 0. The van der Waals surface area contributed by atoms with Crippen molar-refractivity contribution < 1.29 is 0 Å². The van der Waals surface area contributed by atoms with Gasteiger partial charge in [0.15, 0.2) is 0 Å². The number of hydrogen-bond acceptors (Lipinski definition) is 2. The molecule has 4 heteroatoms. The van der Waals surface area contributed by atoms with Gasteiger partial charge in [0.2, 0.25) is 5.95 Å². The third-order valence-corrected chi connectivity index (χ3v) is 8.86. The van der Waals surface area contributed by atoms with E-state index in [1.54, 1.807) is 0 Å². The van der Waals surface area contributed by atoms with Gasteiger partial charge in [0.25, 0.3) is 0 Å². The summed E-state index contributed by atoms with van der Waals surface area (Å²) in [5, 5.41) is 8.51. The number of benzene rings is 6. The Morgan fingerprint density at radius 1 is 0.405 bits per heavy atom. The zero-order valence-electron chi connectivity index (χ0n) is 22.5. The number of aromatic nitrogens is 4. The maximum absolute atomic E-state index is 5.30. The van der Waals surface area contributed by atoms with E-state index in [4.69, 9.17) is 9.97 Å². The first kappa shape index (κ1) is 22.0. The Hall–Kier alpha value is -5.74. The average Bonchev–Trinajstić information content (AvgIpc) is 3.53. The summed E-state index contributed by atoms with van der Waals surface area (Å²) < 4.78 is 4.73. The van der Waals surface area contributed by atoms with Crippen LogP contribution in [0.15, 0.2) is 133 Å². The molecule has 0 aliphatic carbocycles. The van der Waals surface area contributed by atoms with Gasteiger partial charge in [0.05, 0.1) is 38.8 Å². The minimum atomic E-state index is 0.681. The lowest BCUT2D eigenvalue weighted by Crippen LogP contribution is -2.03. The fourth-order valence-corrected chi connectivity index (χ4v) is 7.17. The molecule has 10 rings (SSSR count). The largest absolute Gasteiger partial charge is 0.308 e. The van der Waals surface area contributed by atoms with E-state index in [9.17, 15) is 0 Å². The van der Waals surface area contributed by atoms with E-state index in [0.29, 0.717) is 5.95 Å². The van der Waals surface area contributed by atoms with Gasteiger partial charge >= 0.3 is 0 Å². The van der Waals surface area contributed by atoms with E-state index in [2.05, 4.69) is 136 Å². The first-order valence-corrected chi connectivity index (χ1v) is 14.3. The normalized spacial score (nSPS) is 12.3. The molecule has 0 spiro atoms. The van der Waals surface area contributed by atoms with Crippen molar-refractivity contribution in [2.45, 2.75) is 0 Å². The van der Waals surface area contributed by atoms with Gasteiger partial charge in [0.1, 0.15) is 0 Å². The summed E-state index contributed by atoms with van der Waals surface area (Å²) in [5.41, 5.74) is 8.83. The third kappa shape index (κ3) is 2.71. The molecule has 10 aromatic rings. The second-order valence-electron chi connectivity index (χ2n) is 11.0. The SMILES string of the molecule is c1ccc(-c2nc(-n3c4cccc5c6ccccc6n6c7ccccc7c7ccc3c(c54)c76)nc3ccccc23)cc1. The van der Waals surface area contributed by atoms with Crippen LogP contribution in [0.4, 0.5) is 0 Å². The third-order valence-electron chi connectivity index (χ3n) is 8.86. The van der Waals surface area contributed by atoms with Crippen LogP contribution in [0.1, 0.15) is 0 Å². The Morgan fingerprint density at radius 2 is 1.02 bits per heavy atom. The number of hydrogen-bond donors (Lipinski definition) is 0. The van der Waals surface area contributed by atoms with Gasteiger partial charge in [-0.3, -0.25) is 4.57 Å². The van der Waals surface area contributed by atoms with Crippen molar-refractivity contribution >= 4 is 70.8 Å². The fourth-order valence-electron chi connectivity index (χ4n) is 7.17. The topological polar surface area (TPSA) is 35.1 Å². The van der Waals surface area contributed by atoms with Crippen molar-refractivity contribution in [2.24, 2.45) is 0 Å². The van der Waals surface area contributed by atoms with Gasteiger partial charge in [-0.1, -0.05) is 103 Å². The van der Waals surface area contributed by atoms with Gasteiger partial charge < -0.3 is 4.40 Å². The Labute approximate surface area is 240 Å². The average molecular weight is 535 g/mol. The van der Waals surface area contributed by atoms with Crippen molar-refractivity contribution in [3.05, 3.63) is 133 Å². The molecule has 0 unspecified atom stereocenters. The zero-order valence-corrected chi connectivity index (χ0v) is 22.5. The Bertz CT molecular complexity index is 2680. The van der Waals surface area contributed by atoms with Crippen molar-refractivity contribution in [1.29, 1.82) is 0 Å². The van der Waals surface area contributed by atoms with E-state index in [-0.39, 0.29) is 0 Å². The first-order valence-electron chi connectivity index (χ1n) is 14.3. The van der Waals surface area contributed by atoms with E-state index < -0.39 is 0 Å². The van der Waals surface area contributed by atoms with E-state index in [0.717, 1.165) is 33.2 Å². The molecule has 0 N–H and O–H groups in total. The predicted molar refractivity (Wildman–Crippen MR) is 174 cm³/mol. The molecular weight excluding hydrogens is 512 g/mol. The molecule has 0 atom stereocenters. The van der Waals surface area contributed by atoms with Gasteiger partial charge in [-0.05, 0) is 35.7 Å². The highest BCUT2D eigenvalue weighted by atomic mass is 15.2. The number of fused-ring (bicyclic) bond motifs is 7. The van der Waals surface area contributed by atoms with E-state index >= 15 is 0 Å². The monoisotopic (exact) mass is 534 g/mol. The van der Waals surface area contributed by atoms with Gasteiger partial charge in [-0.2, -0.15) is 0 Å². The molecule has 0 aliphatic rings. The number of para-hydroxylation sites is 3. The van der Waals surface area contributed by atoms with Crippen molar-refractivity contribution in [2.75, 3.05) is 0 Å². The van der Waals surface area contributed by atoms with Crippen LogP contribution >= 0.6 is 0 Å². The van der Waals surface area contributed by atoms with Crippen molar-refractivity contribution in [1.82, 2.24) is 18.9 Å². The van der Waals surface area contributed by atoms with Gasteiger partial charge in [-0.15, -0.1) is 0 Å². The van der Waals surface area contributed by atoms with Gasteiger partial charge in [-0.25, -0.2) is 9.97 Å². The molecule has 0 saturated carbocycles. The number of rotatable bonds is 2. The molecule has 42 heavy (non-hydrogen) atoms. The molecule has 4 nitrogen and oxygen atoms in total. The molecule has 0 bridgehead atoms. The van der Waals surface area contributed by atoms with E-state index in [1.807, 2.05) is 6.07 Å². The summed E-state index contributed by atoms with van der Waals surface area (Å²) in [4.78, 5) is 10.5. The molecule has 4 aromatic heterocycles. The van der Waals surface area contributed by atoms with Crippen LogP contribution in [0, 0.1) is 0 Å². The summed E-state index contributed by atoms with van der Waals surface area (Å²) in [6, 6.07) is 47.4. The lowest BCUT2D eigenvalue weighted by atomic mass is 10.0. The van der Waals surface area contributed by atoms with Crippen LogP contribution in [0.3, 0.4) is 0 Å². The minimum absolute atomic E-state index is 0.681. The molecule has 0 amide bonds. The Balaban J connectivity index is 1.46. The second kappa shape index (κ2) is 7.93. The summed E-state index contributed by atoms with van der Waals surface area (Å²) in [7, 11) is 0. The van der Waals surface area contributed by atoms with E-state index in [1.165, 1.54) is 48.9 Å². The molecule has 0 aliphatic heterocycles. The maximum Gasteiger partial charge on any atom is 0.235 e. The highest BCUT2D eigenvalue weighted by Gasteiger charge is 2.24. The quantitative estimate of drug-likeness (QED) is 0.221. The summed E-state index contributed by atoms with van der Waals surface area (Å²) in [6.07, 6.45) is 0.